The van der Waals surface area contributed by atoms with Gasteiger partial charge in [-0.2, -0.15) is 0 Å². The molecule has 6 bridgehead atoms. The quantitative estimate of drug-likeness (QED) is 0.0339. The molecule has 9 rings (SSSR count). The number of nitrogens with zero attached hydrogens (tertiary/aromatic N) is 1. The summed E-state index contributed by atoms with van der Waals surface area (Å²) in [6.45, 7) is 7.02. The number of esters is 3. The van der Waals surface area contributed by atoms with Crippen LogP contribution >= 0.6 is 0 Å². The lowest BCUT2D eigenvalue weighted by Gasteiger charge is -2.48. The second-order valence-electron chi connectivity index (χ2n) is 26.9. The van der Waals surface area contributed by atoms with E-state index in [1.165, 1.54) is 33.5 Å². The van der Waals surface area contributed by atoms with Crippen molar-refractivity contribution in [3.8, 4) is 11.5 Å². The number of fused-ring (bicyclic) bond motifs is 6. The third-order valence-electron chi connectivity index (χ3n) is 19.5. The first-order chi connectivity index (χ1) is 50.6. The fraction of sp³-hybridized carbons (Fsp3) is 0.475. The fourth-order valence-corrected chi connectivity index (χ4v) is 13.4. The van der Waals surface area contributed by atoms with Crippen LogP contribution in [0, 0.1) is 27.9 Å². The van der Waals surface area contributed by atoms with Crippen molar-refractivity contribution >= 4 is 29.5 Å². The van der Waals surface area contributed by atoms with Gasteiger partial charge in [-0.1, -0.05) is 154 Å². The average Bonchev–Trinajstić information content (AvgIpc) is 0.776. The topological polar surface area (TPSA) is 324 Å². The van der Waals surface area contributed by atoms with Crippen molar-refractivity contribution in [3.05, 3.63) is 221 Å². The number of allylic oxidation sites excluding steroid dienone is 12. The lowest BCUT2D eigenvalue weighted by Crippen LogP contribution is -2.65. The number of amides is 1. The predicted octanol–water partition coefficient (Wildman–Crippen LogP) is 10.2. The summed E-state index contributed by atoms with van der Waals surface area (Å²) < 4.78 is 81.6. The van der Waals surface area contributed by atoms with Gasteiger partial charge in [-0.05, 0) is 68.7 Å². The largest absolute Gasteiger partial charge is 0.497 e. The van der Waals surface area contributed by atoms with E-state index in [1.807, 2.05) is 74.6 Å². The molecule has 25 nitrogen and oxygen atoms in total. The van der Waals surface area contributed by atoms with Gasteiger partial charge in [0.2, 0.25) is 5.91 Å². The molecule has 1 amide bonds. The van der Waals surface area contributed by atoms with Gasteiger partial charge in [-0.25, -0.2) is 4.79 Å². The van der Waals surface area contributed by atoms with E-state index < -0.39 is 151 Å². The van der Waals surface area contributed by atoms with Gasteiger partial charge in [-0.3, -0.25) is 24.5 Å². The van der Waals surface area contributed by atoms with E-state index in [2.05, 4.69) is 5.32 Å². The molecule has 4 fully saturated rings. The normalized spacial score (nSPS) is 34.7. The van der Waals surface area contributed by atoms with Gasteiger partial charge in [0.05, 0.1) is 112 Å². The minimum Gasteiger partial charge on any atom is -0.497 e. The number of hydrogen-bond acceptors (Lipinski definition) is 23. The van der Waals surface area contributed by atoms with Crippen LogP contribution < -0.4 is 14.8 Å². The molecule has 0 aliphatic carbocycles. The van der Waals surface area contributed by atoms with Gasteiger partial charge in [0.15, 0.2) is 30.8 Å². The third-order valence-corrected chi connectivity index (χ3v) is 19.5. The Balaban J connectivity index is 1.06. The Morgan fingerprint density at radius 3 is 1.78 bits per heavy atom. The van der Waals surface area contributed by atoms with Crippen LogP contribution in [0.25, 0.3) is 0 Å². The number of non-ortho nitro benzene ring substituents is 1. The van der Waals surface area contributed by atoms with Gasteiger partial charge in [0, 0.05) is 74.3 Å². The number of hydrogen-bond donors (Lipinski definition) is 5. The molecule has 566 valence electrons. The molecule has 5 heterocycles. The number of nitrogens with one attached hydrogen (secondary N) is 1. The summed E-state index contributed by atoms with van der Waals surface area (Å²) in [5.41, 5.74) is 1.49. The van der Waals surface area contributed by atoms with Crippen molar-refractivity contribution in [1.82, 2.24) is 5.32 Å². The number of ether oxygens (including phenoxy) is 13. The Kier molecular flexibility index (Phi) is 30.1. The second-order valence-corrected chi connectivity index (χ2v) is 26.9. The number of rotatable bonds is 14. The van der Waals surface area contributed by atoms with E-state index in [-0.39, 0.29) is 75.0 Å². The molecule has 4 aromatic carbocycles. The maximum absolute atomic E-state index is 14.3. The van der Waals surface area contributed by atoms with Crippen molar-refractivity contribution in [3.63, 3.8) is 0 Å². The molecular weight excluding hydrogens is 1360 g/mol. The van der Waals surface area contributed by atoms with E-state index in [4.69, 9.17) is 61.6 Å². The van der Waals surface area contributed by atoms with E-state index in [9.17, 15) is 49.7 Å². The van der Waals surface area contributed by atoms with Crippen LogP contribution in [-0.2, 0) is 72.9 Å². The summed E-state index contributed by atoms with van der Waals surface area (Å²) in [5.74, 6) is -5.58. The molecule has 21 atom stereocenters. The number of nitro benzene ring substituents is 1. The molecule has 25 heteroatoms. The van der Waals surface area contributed by atoms with E-state index >= 15 is 0 Å². The maximum atomic E-state index is 14.3. The molecule has 2 unspecified atom stereocenters. The zero-order chi connectivity index (χ0) is 75.2. The van der Waals surface area contributed by atoms with Crippen LogP contribution in [0.1, 0.15) is 119 Å². The summed E-state index contributed by atoms with van der Waals surface area (Å²) in [4.78, 5) is 67.3. The highest BCUT2D eigenvalue weighted by atomic mass is 16.7. The number of nitro groups is 1. The Labute approximate surface area is 612 Å². The van der Waals surface area contributed by atoms with E-state index in [0.29, 0.717) is 28.2 Å². The number of aliphatic hydroxyl groups is 4. The molecule has 0 saturated carbocycles. The zero-order valence-electron chi connectivity index (χ0n) is 60.3. The van der Waals surface area contributed by atoms with Crippen LogP contribution in [0.5, 0.6) is 11.5 Å². The van der Waals surface area contributed by atoms with Gasteiger partial charge in [0.25, 0.3) is 5.69 Å². The Hall–Kier alpha value is -8.54. The van der Waals surface area contributed by atoms with Gasteiger partial charge in [0.1, 0.15) is 29.6 Å². The van der Waals surface area contributed by atoms with Crippen LogP contribution in [-0.4, -0.2) is 175 Å². The fourth-order valence-electron chi connectivity index (χ4n) is 13.4. The molecule has 4 saturated heterocycles. The minimum absolute atomic E-state index is 0.0618. The Bertz CT molecular complexity index is 3670. The highest BCUT2D eigenvalue weighted by Crippen LogP contribution is 2.44. The van der Waals surface area contributed by atoms with Crippen molar-refractivity contribution in [2.45, 2.75) is 196 Å². The lowest BCUT2D eigenvalue weighted by molar-refractivity contribution is -0.384. The Morgan fingerprint density at radius 1 is 0.610 bits per heavy atom. The number of cyclic esters (lactones) is 1. The number of benzene rings is 4. The van der Waals surface area contributed by atoms with Crippen molar-refractivity contribution in [2.75, 3.05) is 28.4 Å². The molecular formula is C80H98N2O23. The summed E-state index contributed by atoms with van der Waals surface area (Å²) in [6.07, 6.45) is 7.32. The third kappa shape index (κ3) is 22.7. The number of carbonyl (C=O) groups is 4. The maximum Gasteiger partial charge on any atom is 0.338 e. The first-order valence-corrected chi connectivity index (χ1v) is 35.5. The summed E-state index contributed by atoms with van der Waals surface area (Å²) in [7, 11) is 5.67. The van der Waals surface area contributed by atoms with Crippen LogP contribution in [0.3, 0.4) is 0 Å². The first-order valence-electron chi connectivity index (χ1n) is 35.5. The summed E-state index contributed by atoms with van der Waals surface area (Å²) in [6, 6.07) is 26.3. The zero-order valence-corrected chi connectivity index (χ0v) is 60.3. The summed E-state index contributed by atoms with van der Waals surface area (Å²) >= 11 is 0. The molecule has 0 radical (unpaired) electrons. The van der Waals surface area contributed by atoms with Gasteiger partial charge in [-0.15, -0.1) is 0 Å². The van der Waals surface area contributed by atoms with Crippen LogP contribution in [0.15, 0.2) is 188 Å². The van der Waals surface area contributed by atoms with E-state index in [0.717, 1.165) is 12.1 Å². The van der Waals surface area contributed by atoms with Gasteiger partial charge >= 0.3 is 17.9 Å². The number of aliphatic hydroxyl groups excluding tert-OH is 4. The number of carbonyl (C=O) groups excluding carboxylic acids is 4. The highest BCUT2D eigenvalue weighted by Gasteiger charge is 2.54. The predicted molar refractivity (Wildman–Crippen MR) is 383 cm³/mol. The molecule has 5 N–H and O–H groups in total. The molecule has 5 aliphatic heterocycles. The van der Waals surface area contributed by atoms with Crippen molar-refractivity contribution in [1.29, 1.82) is 0 Å². The standard InChI is InChI=1S/C80H98N2O23/c1-49-24-20-17-15-13-11-9-10-12-14-16-18-23-27-60(100-79-74(104-75(89)54-28-34-57(35-29-54)82(91)92)71(73(88)52(4)98-79)81-68(85)42-53-25-21-19-22-26-53)44-67-70(76(90)95-7)65(84)48-80(96-8,105-67)47-63-45-66(103-78(102-63)56-32-38-59(94-6)39-33-56)64(83)41-40-61-43-62(46-69(86)97-51(3)50(2)72(49)87)101-77(99-61)55-30-36-58(93-5)37-31-55/h9-39,49-52,60-67,70-74,77-79,83-84,87-88H,40-48H2,1-8H3,(H,81,85)/b10-9+,13-11+,14-12+,17-15+,18-16+,24-20+,27-23+/t49-,50-,51-,52+,60-,61+,62+,63-,64+,65-,66+,67-,70+,71-,72+,73+,74-,77?,78?,79-,80+/m0/s1. The number of methoxy groups -OCH3 is 4. The highest BCUT2D eigenvalue weighted by molar-refractivity contribution is 5.90. The molecule has 105 heavy (non-hydrogen) atoms. The summed E-state index contributed by atoms with van der Waals surface area (Å²) in [5, 5.41) is 62.7. The average molecular weight is 1460 g/mol. The Morgan fingerprint density at radius 2 is 1.19 bits per heavy atom. The first kappa shape index (κ1) is 80.6. The second kappa shape index (κ2) is 39.2. The van der Waals surface area contributed by atoms with Crippen molar-refractivity contribution in [2.24, 2.45) is 17.8 Å². The van der Waals surface area contributed by atoms with Crippen molar-refractivity contribution < 1.29 is 106 Å². The SMILES string of the molecule is COC(=O)[C@H]1[C@@H]2C[C@@H](O[C@@H]3O[C@H](C)[C@@H](O)[C@H](NC(=O)Cc4ccccc4)[C@@H]3OC(=O)c3ccc([N+](=O)[O-])cc3)/C=C/C=C/C=C/C=C/C=C/C=C/C=C/[C@H](C)[C@@H](O)[C@@H](C)[C@H](C)OC(=O)C[C@H]3C[C@@H](CC[C@@H](O)[C@H]4C[C@@H](C[C@](OC)(C[C@@H]1O)O2)OC(c1ccc(OC)cc1)O4)OC(c1ccc(OC)cc1)O3. The lowest BCUT2D eigenvalue weighted by atomic mass is 9.82. The van der Waals surface area contributed by atoms with Gasteiger partial charge < -0.3 is 87.3 Å². The monoisotopic (exact) mass is 1450 g/mol. The smallest absolute Gasteiger partial charge is 0.338 e. The van der Waals surface area contributed by atoms with Crippen LogP contribution in [0.4, 0.5) is 5.69 Å². The van der Waals surface area contributed by atoms with E-state index in [1.54, 1.807) is 124 Å². The molecule has 5 aliphatic rings. The molecule has 0 aromatic heterocycles. The van der Waals surface area contributed by atoms with Crippen LogP contribution in [0.2, 0.25) is 0 Å². The minimum atomic E-state index is -1.74. The molecule has 4 aromatic rings. The molecule has 0 spiro atoms.